The van der Waals surface area contributed by atoms with Crippen LogP contribution in [0.25, 0.3) is 11.0 Å². The van der Waals surface area contributed by atoms with Crippen molar-refractivity contribution in [3.63, 3.8) is 0 Å². The minimum atomic E-state index is -0.247. The Morgan fingerprint density at radius 1 is 1.24 bits per heavy atom. The van der Waals surface area contributed by atoms with Crippen molar-refractivity contribution in [2.45, 2.75) is 13.0 Å². The van der Waals surface area contributed by atoms with Gasteiger partial charge in [0.1, 0.15) is 11.5 Å². The Balaban J connectivity index is 1.83. The van der Waals surface area contributed by atoms with Gasteiger partial charge < -0.3 is 15.6 Å². The van der Waals surface area contributed by atoms with Gasteiger partial charge >= 0.3 is 0 Å². The summed E-state index contributed by atoms with van der Waals surface area (Å²) in [6, 6.07) is 8.41. The van der Waals surface area contributed by atoms with E-state index in [0.717, 1.165) is 41.9 Å². The maximum atomic E-state index is 13.3. The molecule has 0 amide bonds. The standard InChI is InChI=1S/C16H15FN4/c17-10-2-1-3-11(8-10)20-14-5-7-19-16-15(14)12-9-18-6-4-13(12)21-16/h1-3,5,7-8,18H,4,6,9H2,(H2,19,20,21). The number of rotatable bonds is 2. The summed E-state index contributed by atoms with van der Waals surface area (Å²) < 4.78 is 13.3. The number of hydrogen-bond acceptors (Lipinski definition) is 3. The highest BCUT2D eigenvalue weighted by Crippen LogP contribution is 2.31. The number of hydrogen-bond donors (Lipinski definition) is 3. The minimum Gasteiger partial charge on any atom is -0.355 e. The molecule has 3 N–H and O–H groups in total. The summed E-state index contributed by atoms with van der Waals surface area (Å²) in [5.41, 5.74) is 5.06. The molecule has 5 heteroatoms. The first-order valence-corrected chi connectivity index (χ1v) is 7.03. The number of aromatic nitrogens is 2. The van der Waals surface area contributed by atoms with Gasteiger partial charge in [-0.15, -0.1) is 0 Å². The summed E-state index contributed by atoms with van der Waals surface area (Å²) in [5, 5.41) is 7.77. The van der Waals surface area contributed by atoms with Crippen LogP contribution in [-0.4, -0.2) is 16.5 Å². The summed E-state index contributed by atoms with van der Waals surface area (Å²) in [6.07, 6.45) is 2.74. The lowest BCUT2D eigenvalue weighted by atomic mass is 10.1. The number of nitrogens with one attached hydrogen (secondary N) is 3. The summed E-state index contributed by atoms with van der Waals surface area (Å²) in [6.45, 7) is 1.81. The Hall–Kier alpha value is -2.40. The average Bonchev–Trinajstić information content (AvgIpc) is 2.87. The van der Waals surface area contributed by atoms with Gasteiger partial charge in [0.05, 0.1) is 5.69 Å². The Labute approximate surface area is 121 Å². The molecule has 21 heavy (non-hydrogen) atoms. The van der Waals surface area contributed by atoms with Crippen molar-refractivity contribution in [3.8, 4) is 0 Å². The number of anilines is 2. The Bertz CT molecular complexity index is 809. The largest absolute Gasteiger partial charge is 0.355 e. The fraction of sp³-hybridized carbons (Fsp3) is 0.188. The zero-order valence-electron chi connectivity index (χ0n) is 11.4. The van der Waals surface area contributed by atoms with Crippen LogP contribution in [0.4, 0.5) is 15.8 Å². The molecule has 3 aromatic rings. The highest BCUT2D eigenvalue weighted by molar-refractivity contribution is 5.95. The molecule has 0 radical (unpaired) electrons. The Kier molecular flexibility index (Phi) is 2.86. The first-order valence-electron chi connectivity index (χ1n) is 7.03. The van der Waals surface area contributed by atoms with E-state index in [9.17, 15) is 4.39 Å². The van der Waals surface area contributed by atoms with Gasteiger partial charge in [0.2, 0.25) is 0 Å². The van der Waals surface area contributed by atoms with Crippen LogP contribution in [0.15, 0.2) is 36.5 Å². The smallest absolute Gasteiger partial charge is 0.139 e. The zero-order valence-corrected chi connectivity index (χ0v) is 11.4. The molecule has 1 aliphatic rings. The van der Waals surface area contributed by atoms with E-state index in [4.69, 9.17) is 0 Å². The molecule has 0 fully saturated rings. The number of H-pyrrole nitrogens is 1. The van der Waals surface area contributed by atoms with E-state index in [1.807, 2.05) is 12.1 Å². The van der Waals surface area contributed by atoms with Gasteiger partial charge in [-0.05, 0) is 29.8 Å². The number of nitrogens with zero attached hydrogens (tertiary/aromatic N) is 1. The maximum absolute atomic E-state index is 13.3. The van der Waals surface area contributed by atoms with E-state index in [0.29, 0.717) is 0 Å². The van der Waals surface area contributed by atoms with Crippen molar-refractivity contribution in [2.75, 3.05) is 11.9 Å². The van der Waals surface area contributed by atoms with E-state index in [2.05, 4.69) is 20.6 Å². The molecule has 0 spiro atoms. The molecule has 4 rings (SSSR count). The second-order valence-corrected chi connectivity index (χ2v) is 5.23. The van der Waals surface area contributed by atoms with E-state index in [1.54, 1.807) is 12.3 Å². The van der Waals surface area contributed by atoms with Crippen LogP contribution in [0.1, 0.15) is 11.3 Å². The second-order valence-electron chi connectivity index (χ2n) is 5.23. The molecule has 4 nitrogen and oxygen atoms in total. The SMILES string of the molecule is Fc1cccc(Nc2ccnc3[nH]c4c(c23)CNCC4)c1. The molecule has 2 aromatic heterocycles. The third kappa shape index (κ3) is 2.15. The lowest BCUT2D eigenvalue weighted by Crippen LogP contribution is -2.23. The fourth-order valence-corrected chi connectivity index (χ4v) is 2.89. The van der Waals surface area contributed by atoms with Crippen LogP contribution in [0.3, 0.4) is 0 Å². The van der Waals surface area contributed by atoms with Crippen LogP contribution < -0.4 is 10.6 Å². The van der Waals surface area contributed by atoms with Gasteiger partial charge in [-0.1, -0.05) is 6.07 Å². The van der Waals surface area contributed by atoms with Crippen molar-refractivity contribution in [3.05, 3.63) is 53.6 Å². The van der Waals surface area contributed by atoms with Crippen molar-refractivity contribution in [2.24, 2.45) is 0 Å². The van der Waals surface area contributed by atoms with Crippen LogP contribution in [0, 0.1) is 5.82 Å². The van der Waals surface area contributed by atoms with E-state index in [-0.39, 0.29) is 5.82 Å². The summed E-state index contributed by atoms with van der Waals surface area (Å²) in [5.74, 6) is -0.247. The normalized spacial score (nSPS) is 14.1. The molecule has 0 aliphatic carbocycles. The molecular weight excluding hydrogens is 267 g/mol. The van der Waals surface area contributed by atoms with Crippen molar-refractivity contribution in [1.29, 1.82) is 0 Å². The average molecular weight is 282 g/mol. The monoisotopic (exact) mass is 282 g/mol. The molecule has 3 heterocycles. The van der Waals surface area contributed by atoms with E-state index in [1.165, 1.54) is 23.4 Å². The summed E-state index contributed by atoms with van der Waals surface area (Å²) in [4.78, 5) is 7.80. The first-order chi connectivity index (χ1) is 10.3. The third-order valence-electron chi connectivity index (χ3n) is 3.84. The molecule has 1 aromatic carbocycles. The van der Waals surface area contributed by atoms with Crippen LogP contribution in [0.2, 0.25) is 0 Å². The predicted molar refractivity (Wildman–Crippen MR) is 81.2 cm³/mol. The third-order valence-corrected chi connectivity index (χ3v) is 3.84. The van der Waals surface area contributed by atoms with E-state index >= 15 is 0 Å². The van der Waals surface area contributed by atoms with Gasteiger partial charge in [0, 0.05) is 42.5 Å². The summed E-state index contributed by atoms with van der Waals surface area (Å²) in [7, 11) is 0. The number of fused-ring (bicyclic) bond motifs is 3. The van der Waals surface area contributed by atoms with Gasteiger partial charge in [-0.3, -0.25) is 0 Å². The Morgan fingerprint density at radius 2 is 2.19 bits per heavy atom. The van der Waals surface area contributed by atoms with Crippen molar-refractivity contribution in [1.82, 2.24) is 15.3 Å². The molecule has 0 saturated heterocycles. The molecule has 106 valence electrons. The molecule has 1 aliphatic heterocycles. The van der Waals surface area contributed by atoms with Gasteiger partial charge in [-0.2, -0.15) is 0 Å². The highest BCUT2D eigenvalue weighted by atomic mass is 19.1. The number of aromatic amines is 1. The van der Waals surface area contributed by atoms with Crippen molar-refractivity contribution >= 4 is 22.4 Å². The van der Waals surface area contributed by atoms with Gasteiger partial charge in [0.25, 0.3) is 0 Å². The first kappa shape index (κ1) is 12.3. The van der Waals surface area contributed by atoms with Gasteiger partial charge in [-0.25, -0.2) is 9.37 Å². The van der Waals surface area contributed by atoms with Crippen LogP contribution >= 0.6 is 0 Å². The highest BCUT2D eigenvalue weighted by Gasteiger charge is 2.18. The number of benzene rings is 1. The van der Waals surface area contributed by atoms with Crippen molar-refractivity contribution < 1.29 is 4.39 Å². The quantitative estimate of drug-likeness (QED) is 0.677. The minimum absolute atomic E-state index is 0.247. The molecule has 0 saturated carbocycles. The second kappa shape index (κ2) is 4.86. The molecule has 0 atom stereocenters. The van der Waals surface area contributed by atoms with Crippen LogP contribution in [0.5, 0.6) is 0 Å². The molecular formula is C16H15FN4. The fourth-order valence-electron chi connectivity index (χ4n) is 2.89. The topological polar surface area (TPSA) is 52.7 Å². The van der Waals surface area contributed by atoms with Gasteiger partial charge in [0.15, 0.2) is 0 Å². The molecule has 0 unspecified atom stereocenters. The van der Waals surface area contributed by atoms with Crippen LogP contribution in [-0.2, 0) is 13.0 Å². The lowest BCUT2D eigenvalue weighted by Gasteiger charge is -2.14. The predicted octanol–water partition coefficient (Wildman–Crippen LogP) is 3.09. The molecule has 0 bridgehead atoms. The number of pyridine rings is 1. The Morgan fingerprint density at radius 3 is 3.10 bits per heavy atom. The lowest BCUT2D eigenvalue weighted by molar-refractivity contribution is 0.628. The zero-order chi connectivity index (χ0) is 14.2. The summed E-state index contributed by atoms with van der Waals surface area (Å²) >= 11 is 0. The number of halogens is 1. The maximum Gasteiger partial charge on any atom is 0.139 e. The van der Waals surface area contributed by atoms with E-state index < -0.39 is 0 Å².